The summed E-state index contributed by atoms with van der Waals surface area (Å²) in [5, 5.41) is 12.1. The van der Waals surface area contributed by atoms with Gasteiger partial charge in [-0.05, 0) is 53.8 Å². The molecule has 0 bridgehead atoms. The van der Waals surface area contributed by atoms with Crippen LogP contribution in [0.2, 0.25) is 5.02 Å². The Labute approximate surface area is 214 Å². The van der Waals surface area contributed by atoms with E-state index in [1.165, 1.54) is 19.2 Å². The van der Waals surface area contributed by atoms with Gasteiger partial charge in [-0.1, -0.05) is 31.5 Å². The third kappa shape index (κ3) is 4.50. The molecule has 2 aliphatic rings. The van der Waals surface area contributed by atoms with Gasteiger partial charge in [0.05, 0.1) is 37.5 Å². The fourth-order valence-electron chi connectivity index (χ4n) is 4.77. The number of methoxy groups -OCH3 is 2. The van der Waals surface area contributed by atoms with Gasteiger partial charge in [0.15, 0.2) is 17.3 Å². The number of nitrogens with one attached hydrogen (secondary N) is 1. The largest absolute Gasteiger partial charge is 0.493 e. The minimum absolute atomic E-state index is 0.0591. The van der Waals surface area contributed by atoms with Crippen molar-refractivity contribution >= 4 is 23.3 Å². The van der Waals surface area contributed by atoms with Crippen molar-refractivity contribution in [2.75, 3.05) is 14.2 Å². The number of nitrogens with zero attached hydrogens (tertiary/aromatic N) is 2. The molecule has 2 aromatic rings. The zero-order valence-corrected chi connectivity index (χ0v) is 21.3. The summed E-state index contributed by atoms with van der Waals surface area (Å²) in [4.78, 5) is 26.7. The van der Waals surface area contributed by atoms with Gasteiger partial charge >= 0.3 is 0 Å². The highest BCUT2D eigenvalue weighted by Crippen LogP contribution is 2.49. The van der Waals surface area contributed by atoms with E-state index >= 15 is 0 Å². The van der Waals surface area contributed by atoms with Crippen LogP contribution in [0.25, 0.3) is 0 Å². The summed E-state index contributed by atoms with van der Waals surface area (Å²) in [5.74, 6) is -0.211. The van der Waals surface area contributed by atoms with E-state index in [0.717, 1.165) is 0 Å². The third-order valence-corrected chi connectivity index (χ3v) is 6.69. The molecule has 0 aromatic heterocycles. The lowest BCUT2D eigenvalue weighted by Crippen LogP contribution is -2.49. The molecule has 0 spiro atoms. The Bertz CT molecular complexity index is 1340. The molecular formula is C27H27ClN4O4. The number of ether oxygens (including phenoxy) is 2. The van der Waals surface area contributed by atoms with Crippen LogP contribution in [0, 0.1) is 16.7 Å². The Hall–Kier alpha value is -3.96. The minimum atomic E-state index is -0.711. The molecule has 9 heteroatoms. The maximum absolute atomic E-state index is 13.6. The number of carbonyl (C=O) groups is 2. The van der Waals surface area contributed by atoms with Gasteiger partial charge in [0.2, 0.25) is 0 Å². The number of amides is 1. The predicted molar refractivity (Wildman–Crippen MR) is 135 cm³/mol. The molecule has 8 nitrogen and oxygen atoms in total. The smallest absolute Gasteiger partial charge is 0.270 e. The molecule has 0 radical (unpaired) electrons. The fourth-order valence-corrected chi connectivity index (χ4v) is 4.90. The van der Waals surface area contributed by atoms with Gasteiger partial charge in [0, 0.05) is 22.6 Å². The van der Waals surface area contributed by atoms with E-state index in [4.69, 9.17) is 26.8 Å². The van der Waals surface area contributed by atoms with Gasteiger partial charge in [-0.25, -0.2) is 5.01 Å². The molecule has 1 atom stereocenters. The zero-order valence-electron chi connectivity index (χ0n) is 20.5. The van der Waals surface area contributed by atoms with E-state index < -0.39 is 11.8 Å². The van der Waals surface area contributed by atoms with Crippen LogP contribution in [0.3, 0.4) is 0 Å². The monoisotopic (exact) mass is 506 g/mol. The predicted octanol–water partition coefficient (Wildman–Crippen LogP) is 4.44. The number of allylic oxidation sites excluding steroid dienone is 3. The van der Waals surface area contributed by atoms with E-state index in [1.807, 2.05) is 13.8 Å². The number of hydrazine groups is 1. The van der Waals surface area contributed by atoms with Crippen LogP contribution in [0.15, 0.2) is 65.1 Å². The first-order valence-electron chi connectivity index (χ1n) is 11.3. The van der Waals surface area contributed by atoms with Crippen LogP contribution in [0.5, 0.6) is 11.5 Å². The van der Waals surface area contributed by atoms with Crippen molar-refractivity contribution in [3.63, 3.8) is 0 Å². The molecule has 1 heterocycles. The first kappa shape index (κ1) is 25.1. The van der Waals surface area contributed by atoms with Gasteiger partial charge < -0.3 is 15.2 Å². The van der Waals surface area contributed by atoms with Crippen molar-refractivity contribution in [1.29, 1.82) is 5.26 Å². The molecule has 2 aromatic carbocycles. The fraction of sp³-hybridized carbons (Fsp3) is 0.296. The molecule has 1 aliphatic heterocycles. The van der Waals surface area contributed by atoms with E-state index in [0.29, 0.717) is 51.8 Å². The Kier molecular flexibility index (Phi) is 6.70. The highest BCUT2D eigenvalue weighted by Gasteiger charge is 2.45. The molecular weight excluding hydrogens is 480 g/mol. The second kappa shape index (κ2) is 9.59. The van der Waals surface area contributed by atoms with E-state index in [2.05, 4.69) is 11.5 Å². The van der Waals surface area contributed by atoms with E-state index in [1.54, 1.807) is 42.5 Å². The third-order valence-electron chi connectivity index (χ3n) is 6.44. The SMILES string of the molecule is COc1ccc(C2C(C#N)=C(N)N(NC(=O)c3ccc(Cl)cc3)C3=C2C(=O)CC(C)(C)C3)cc1OC. The number of nitrogens with two attached hydrogens (primary N) is 1. The molecule has 1 unspecified atom stereocenters. The van der Waals surface area contributed by atoms with Crippen molar-refractivity contribution in [3.8, 4) is 17.6 Å². The second-order valence-electron chi connectivity index (χ2n) is 9.54. The zero-order chi connectivity index (χ0) is 26.2. The quantitative estimate of drug-likeness (QED) is 0.615. The van der Waals surface area contributed by atoms with Crippen molar-refractivity contribution < 1.29 is 19.1 Å². The summed E-state index contributed by atoms with van der Waals surface area (Å²) in [7, 11) is 3.05. The van der Waals surface area contributed by atoms with Crippen LogP contribution >= 0.6 is 11.6 Å². The lowest BCUT2D eigenvalue weighted by molar-refractivity contribution is -0.118. The number of hydrogen-bond donors (Lipinski definition) is 2. The summed E-state index contributed by atoms with van der Waals surface area (Å²) < 4.78 is 10.8. The Balaban J connectivity index is 1.86. The molecule has 186 valence electrons. The molecule has 3 N–H and O–H groups in total. The molecule has 0 saturated carbocycles. The van der Waals surface area contributed by atoms with Crippen molar-refractivity contribution in [2.24, 2.45) is 11.1 Å². The highest BCUT2D eigenvalue weighted by atomic mass is 35.5. The first-order valence-corrected chi connectivity index (χ1v) is 11.7. The lowest BCUT2D eigenvalue weighted by Gasteiger charge is -2.43. The number of benzene rings is 2. The average Bonchev–Trinajstić information content (AvgIpc) is 2.84. The van der Waals surface area contributed by atoms with Crippen LogP contribution in [0.1, 0.15) is 48.5 Å². The Morgan fingerprint density at radius 3 is 2.42 bits per heavy atom. The lowest BCUT2D eigenvalue weighted by atomic mass is 9.69. The number of nitriles is 1. The summed E-state index contributed by atoms with van der Waals surface area (Å²) >= 11 is 5.96. The topological polar surface area (TPSA) is 118 Å². The van der Waals surface area contributed by atoms with Crippen LogP contribution in [-0.2, 0) is 4.79 Å². The maximum Gasteiger partial charge on any atom is 0.270 e. The van der Waals surface area contributed by atoms with Crippen molar-refractivity contribution in [1.82, 2.24) is 10.4 Å². The molecule has 1 aliphatic carbocycles. The maximum atomic E-state index is 13.6. The second-order valence-corrected chi connectivity index (χ2v) is 9.98. The molecule has 4 rings (SSSR count). The van der Waals surface area contributed by atoms with Crippen molar-refractivity contribution in [3.05, 3.63) is 81.3 Å². The summed E-state index contributed by atoms with van der Waals surface area (Å²) in [6.07, 6.45) is 0.769. The summed E-state index contributed by atoms with van der Waals surface area (Å²) in [6, 6.07) is 13.8. The Morgan fingerprint density at radius 1 is 1.14 bits per heavy atom. The number of ketones is 1. The van der Waals surface area contributed by atoms with Gasteiger partial charge in [0.25, 0.3) is 5.91 Å². The number of halogens is 1. The van der Waals surface area contributed by atoms with Gasteiger partial charge in [-0.2, -0.15) is 5.26 Å². The summed E-state index contributed by atoms with van der Waals surface area (Å²) in [6.45, 7) is 3.97. The summed E-state index contributed by atoms with van der Waals surface area (Å²) in [5.41, 5.74) is 11.1. The number of hydrogen-bond acceptors (Lipinski definition) is 7. The van der Waals surface area contributed by atoms with Gasteiger partial charge in [-0.3, -0.25) is 15.0 Å². The normalized spacial score (nSPS) is 18.9. The van der Waals surface area contributed by atoms with Gasteiger partial charge in [0.1, 0.15) is 5.82 Å². The average molecular weight is 507 g/mol. The Morgan fingerprint density at radius 2 is 1.81 bits per heavy atom. The van der Waals surface area contributed by atoms with Crippen molar-refractivity contribution in [2.45, 2.75) is 32.6 Å². The van der Waals surface area contributed by atoms with E-state index in [9.17, 15) is 14.9 Å². The number of rotatable bonds is 5. The van der Waals surface area contributed by atoms with E-state index in [-0.39, 0.29) is 22.6 Å². The number of Topliss-reactive ketones (excluding diaryl/α,β-unsaturated/α-hetero) is 1. The number of carbonyl (C=O) groups excluding carboxylic acids is 2. The first-order chi connectivity index (χ1) is 17.1. The molecule has 36 heavy (non-hydrogen) atoms. The minimum Gasteiger partial charge on any atom is -0.493 e. The van der Waals surface area contributed by atoms with Crippen LogP contribution in [0.4, 0.5) is 0 Å². The van der Waals surface area contributed by atoms with Crippen LogP contribution in [-0.4, -0.2) is 30.9 Å². The van der Waals surface area contributed by atoms with Gasteiger partial charge in [-0.15, -0.1) is 0 Å². The highest BCUT2D eigenvalue weighted by molar-refractivity contribution is 6.30. The molecule has 1 amide bonds. The molecule has 0 saturated heterocycles. The molecule has 0 fully saturated rings. The van der Waals surface area contributed by atoms with Crippen LogP contribution < -0.4 is 20.6 Å². The standard InChI is InChI=1S/C27H27ClN4O4/c1-27(2)12-19-24(20(33)13-27)23(16-7-10-21(35-3)22(11-16)36-4)18(14-29)25(30)32(19)31-26(34)15-5-8-17(28)9-6-15/h5-11,23H,12-13,30H2,1-4H3,(H,31,34).